The molecule has 0 aromatic heterocycles. The van der Waals surface area contributed by atoms with Gasteiger partial charge in [0.1, 0.15) is 0 Å². The van der Waals surface area contributed by atoms with Gasteiger partial charge in [-0.3, -0.25) is 0 Å². The summed E-state index contributed by atoms with van der Waals surface area (Å²) >= 11 is 0. The predicted molar refractivity (Wildman–Crippen MR) is 99.8 cm³/mol. The molecule has 3 fully saturated rings. The highest BCUT2D eigenvalue weighted by Crippen LogP contribution is 2.46. The standard InChI is InChI=1S/C20H22N2O3S/c23-22-11-9-15(10-12-22)16(14-22)13-21-17-5-1-3-7-19(17)26(24,25)20-8-4-2-6-18(20)21/h1-8,15-16H,9-14H2. The lowest BCUT2D eigenvalue weighted by Gasteiger charge is -2.56. The summed E-state index contributed by atoms with van der Waals surface area (Å²) in [6.45, 7) is 2.83. The molecule has 6 rings (SSSR count). The normalized spacial score (nSPS) is 31.3. The number of hydroxylamine groups is 3. The van der Waals surface area contributed by atoms with E-state index in [9.17, 15) is 13.6 Å². The first-order valence-electron chi connectivity index (χ1n) is 9.26. The third-order valence-electron chi connectivity index (χ3n) is 6.36. The van der Waals surface area contributed by atoms with Crippen molar-refractivity contribution in [1.29, 1.82) is 0 Å². The smallest absolute Gasteiger partial charge is 0.210 e. The van der Waals surface area contributed by atoms with E-state index in [2.05, 4.69) is 4.90 Å². The zero-order chi connectivity index (χ0) is 17.9. The Kier molecular flexibility index (Phi) is 3.48. The lowest BCUT2D eigenvalue weighted by molar-refractivity contribution is -0.901. The first-order valence-corrected chi connectivity index (χ1v) is 10.7. The van der Waals surface area contributed by atoms with Gasteiger partial charge in [0, 0.05) is 25.3 Å². The van der Waals surface area contributed by atoms with Gasteiger partial charge in [-0.1, -0.05) is 24.3 Å². The van der Waals surface area contributed by atoms with Crippen molar-refractivity contribution in [2.45, 2.75) is 22.6 Å². The maximum Gasteiger partial charge on any atom is 0.210 e. The van der Waals surface area contributed by atoms with E-state index < -0.39 is 9.84 Å². The molecule has 1 unspecified atom stereocenters. The summed E-state index contributed by atoms with van der Waals surface area (Å²) in [5.74, 6) is 0.874. The summed E-state index contributed by atoms with van der Waals surface area (Å²) < 4.78 is 26.0. The van der Waals surface area contributed by atoms with Crippen LogP contribution in [0.4, 0.5) is 11.4 Å². The second-order valence-electron chi connectivity index (χ2n) is 7.83. The lowest BCUT2D eigenvalue weighted by Crippen LogP contribution is -2.59. The minimum atomic E-state index is -3.50. The Morgan fingerprint density at radius 2 is 1.50 bits per heavy atom. The van der Waals surface area contributed by atoms with Crippen LogP contribution >= 0.6 is 0 Å². The summed E-state index contributed by atoms with van der Waals surface area (Å²) in [4.78, 5) is 2.86. The molecule has 0 aliphatic carbocycles. The van der Waals surface area contributed by atoms with Gasteiger partial charge in [0.15, 0.2) is 0 Å². The van der Waals surface area contributed by atoms with E-state index in [1.807, 2.05) is 24.3 Å². The average molecular weight is 370 g/mol. The average Bonchev–Trinajstić information content (AvgIpc) is 2.65. The first kappa shape index (κ1) is 16.3. The number of rotatable bonds is 2. The number of piperidine rings is 3. The van der Waals surface area contributed by atoms with Crippen molar-refractivity contribution in [2.75, 3.05) is 31.1 Å². The lowest BCUT2D eigenvalue weighted by atomic mass is 9.78. The Morgan fingerprint density at radius 1 is 0.962 bits per heavy atom. The van der Waals surface area contributed by atoms with Gasteiger partial charge < -0.3 is 14.8 Å². The van der Waals surface area contributed by atoms with Crippen LogP contribution in [-0.2, 0) is 9.84 Å². The number of quaternary nitrogens is 1. The van der Waals surface area contributed by atoms with Crippen molar-refractivity contribution < 1.29 is 13.1 Å². The fourth-order valence-electron chi connectivity index (χ4n) is 4.99. The number of anilines is 2. The molecule has 4 aliphatic heterocycles. The van der Waals surface area contributed by atoms with Gasteiger partial charge in [-0.2, -0.15) is 0 Å². The van der Waals surface area contributed by atoms with Crippen molar-refractivity contribution in [3.63, 3.8) is 0 Å². The number of fused-ring (bicyclic) bond motifs is 5. The molecule has 4 aliphatic rings. The van der Waals surface area contributed by atoms with Gasteiger partial charge in [-0.05, 0) is 30.2 Å². The molecule has 2 bridgehead atoms. The van der Waals surface area contributed by atoms with Crippen LogP contribution in [0.15, 0.2) is 58.3 Å². The molecular formula is C20H22N2O3S. The first-order chi connectivity index (χ1) is 12.5. The van der Waals surface area contributed by atoms with Crippen molar-refractivity contribution in [2.24, 2.45) is 11.8 Å². The van der Waals surface area contributed by atoms with Crippen LogP contribution in [0.2, 0.25) is 0 Å². The topological polar surface area (TPSA) is 60.4 Å². The number of hydrogen-bond acceptors (Lipinski definition) is 4. The van der Waals surface area contributed by atoms with Gasteiger partial charge >= 0.3 is 0 Å². The van der Waals surface area contributed by atoms with Crippen LogP contribution in [0.5, 0.6) is 0 Å². The molecule has 1 atom stereocenters. The predicted octanol–water partition coefficient (Wildman–Crippen LogP) is 3.33. The van der Waals surface area contributed by atoms with Crippen LogP contribution in [0.3, 0.4) is 0 Å². The summed E-state index contributed by atoms with van der Waals surface area (Å²) in [5, 5.41) is 12.8. The van der Waals surface area contributed by atoms with Gasteiger partial charge in [-0.15, -0.1) is 0 Å². The molecular weight excluding hydrogens is 348 g/mol. The van der Waals surface area contributed by atoms with E-state index in [0.29, 0.717) is 34.7 Å². The summed E-state index contributed by atoms with van der Waals surface area (Å²) in [6, 6.07) is 14.4. The van der Waals surface area contributed by atoms with Crippen LogP contribution in [0, 0.1) is 17.0 Å². The van der Waals surface area contributed by atoms with Gasteiger partial charge in [0.2, 0.25) is 9.84 Å². The number of hydrogen-bond donors (Lipinski definition) is 0. The largest absolute Gasteiger partial charge is 0.633 e. The minimum Gasteiger partial charge on any atom is -0.633 e. The van der Waals surface area contributed by atoms with Crippen LogP contribution < -0.4 is 4.90 Å². The van der Waals surface area contributed by atoms with E-state index in [1.54, 1.807) is 24.3 Å². The van der Waals surface area contributed by atoms with E-state index >= 15 is 0 Å². The molecule has 3 saturated heterocycles. The molecule has 6 heteroatoms. The van der Waals surface area contributed by atoms with E-state index in [4.69, 9.17) is 0 Å². The molecule has 26 heavy (non-hydrogen) atoms. The van der Waals surface area contributed by atoms with Crippen molar-refractivity contribution in [1.82, 2.24) is 0 Å². The molecule has 0 spiro atoms. The minimum absolute atomic E-state index is 0.0728. The maximum absolute atomic E-state index is 13.0. The van der Waals surface area contributed by atoms with Crippen LogP contribution in [-0.4, -0.2) is 39.2 Å². The monoisotopic (exact) mass is 370 g/mol. The summed E-state index contributed by atoms with van der Waals surface area (Å²) in [7, 11) is -3.50. The van der Waals surface area contributed by atoms with Crippen molar-refractivity contribution >= 4 is 21.2 Å². The fraction of sp³-hybridized carbons (Fsp3) is 0.400. The highest BCUT2D eigenvalue weighted by atomic mass is 32.2. The molecule has 4 heterocycles. The number of sulfone groups is 1. The van der Waals surface area contributed by atoms with Crippen molar-refractivity contribution in [3.05, 3.63) is 53.7 Å². The van der Waals surface area contributed by atoms with Crippen LogP contribution in [0.25, 0.3) is 0 Å². The third-order valence-corrected chi connectivity index (χ3v) is 8.21. The Labute approximate surface area is 153 Å². The van der Waals surface area contributed by atoms with Crippen molar-refractivity contribution in [3.8, 4) is 0 Å². The third kappa shape index (κ3) is 2.32. The summed E-state index contributed by atoms with van der Waals surface area (Å²) in [5.41, 5.74) is 1.47. The molecule has 2 aromatic rings. The van der Waals surface area contributed by atoms with E-state index in [0.717, 1.165) is 37.3 Å². The Hall–Kier alpha value is -1.89. The summed E-state index contributed by atoms with van der Waals surface area (Å²) in [6.07, 6.45) is 1.98. The second kappa shape index (κ2) is 5.55. The van der Waals surface area contributed by atoms with Gasteiger partial charge in [0.25, 0.3) is 0 Å². The molecule has 0 saturated carbocycles. The maximum atomic E-state index is 13.0. The SMILES string of the molecule is O=S1(=O)c2ccccc2N(CC2C[N+]3([O-])CCC2CC3)c2ccccc21. The Morgan fingerprint density at radius 3 is 2.04 bits per heavy atom. The van der Waals surface area contributed by atoms with Gasteiger partial charge in [0.05, 0.1) is 40.8 Å². The molecule has 0 radical (unpaired) electrons. The fourth-order valence-corrected chi connectivity index (χ4v) is 6.65. The van der Waals surface area contributed by atoms with Crippen LogP contribution in [0.1, 0.15) is 12.8 Å². The van der Waals surface area contributed by atoms with Gasteiger partial charge in [-0.25, -0.2) is 8.42 Å². The number of para-hydroxylation sites is 2. The molecule has 2 aromatic carbocycles. The quantitative estimate of drug-likeness (QED) is 0.601. The second-order valence-corrected chi connectivity index (χ2v) is 9.72. The zero-order valence-electron chi connectivity index (χ0n) is 14.5. The zero-order valence-corrected chi connectivity index (χ0v) is 15.4. The molecule has 5 nitrogen and oxygen atoms in total. The van der Waals surface area contributed by atoms with E-state index in [1.165, 1.54) is 0 Å². The van der Waals surface area contributed by atoms with E-state index in [-0.39, 0.29) is 4.65 Å². The Bertz CT molecular complexity index is 911. The molecule has 0 N–H and O–H groups in total. The number of nitrogens with zero attached hydrogens (tertiary/aromatic N) is 2. The molecule has 136 valence electrons. The highest BCUT2D eigenvalue weighted by Gasteiger charge is 2.43. The number of benzene rings is 2. The highest BCUT2D eigenvalue weighted by molar-refractivity contribution is 7.92. The molecule has 0 amide bonds. The Balaban J connectivity index is 1.60.